The summed E-state index contributed by atoms with van der Waals surface area (Å²) in [5, 5.41) is 0. The zero-order valence-corrected chi connectivity index (χ0v) is 5.85. The minimum absolute atomic E-state index is 0.775. The highest BCUT2D eigenvalue weighted by Crippen LogP contribution is 2.04. The second kappa shape index (κ2) is 2.54. The molecule has 0 bridgehead atoms. The van der Waals surface area contributed by atoms with Gasteiger partial charge in [0, 0.05) is 6.04 Å². The van der Waals surface area contributed by atoms with E-state index in [1.807, 2.05) is 0 Å². The van der Waals surface area contributed by atoms with Crippen molar-refractivity contribution in [2.24, 2.45) is 0 Å². The standard InChI is InChI=1S/C6H14BN/c1-6(2)8-4-3-7-5-8/h6-7H,3-5H2,1-2H3. The first-order valence-electron chi connectivity index (χ1n) is 3.55. The molecule has 1 aliphatic rings. The third kappa shape index (κ3) is 1.25. The molecule has 0 aromatic carbocycles. The maximum absolute atomic E-state index is 2.53. The SMILES string of the molecule is CC(C)N1CBCC1. The minimum atomic E-state index is 0.775. The van der Waals surface area contributed by atoms with Crippen LogP contribution in [-0.2, 0) is 0 Å². The average Bonchev–Trinajstić information content (AvgIpc) is 2.12. The number of hydrogen-bond donors (Lipinski definition) is 0. The van der Waals surface area contributed by atoms with E-state index in [1.165, 1.54) is 26.6 Å². The lowest BCUT2D eigenvalue weighted by molar-refractivity contribution is 0.289. The van der Waals surface area contributed by atoms with Gasteiger partial charge in [-0.3, -0.25) is 0 Å². The maximum Gasteiger partial charge on any atom is 0.139 e. The van der Waals surface area contributed by atoms with Crippen molar-refractivity contribution in [2.75, 3.05) is 13.0 Å². The Morgan fingerprint density at radius 2 is 2.25 bits per heavy atom. The molecule has 8 heavy (non-hydrogen) atoms. The number of rotatable bonds is 1. The molecule has 0 aromatic heterocycles. The topological polar surface area (TPSA) is 3.24 Å². The van der Waals surface area contributed by atoms with Gasteiger partial charge in [-0.25, -0.2) is 0 Å². The molecule has 0 aromatic rings. The van der Waals surface area contributed by atoms with Crippen molar-refractivity contribution in [2.45, 2.75) is 26.2 Å². The van der Waals surface area contributed by atoms with Crippen LogP contribution in [0.25, 0.3) is 0 Å². The summed E-state index contributed by atoms with van der Waals surface area (Å²) < 4.78 is 0. The molecule has 0 aliphatic carbocycles. The van der Waals surface area contributed by atoms with Crippen molar-refractivity contribution in [3.63, 3.8) is 0 Å². The van der Waals surface area contributed by atoms with Crippen LogP contribution in [0.1, 0.15) is 13.8 Å². The normalized spacial score (nSPS) is 21.9. The fourth-order valence-corrected chi connectivity index (χ4v) is 1.26. The predicted molar refractivity (Wildman–Crippen MR) is 38.7 cm³/mol. The third-order valence-corrected chi connectivity index (χ3v) is 1.87. The Kier molecular flexibility index (Phi) is 1.95. The van der Waals surface area contributed by atoms with Gasteiger partial charge >= 0.3 is 0 Å². The van der Waals surface area contributed by atoms with Crippen molar-refractivity contribution in [1.29, 1.82) is 0 Å². The van der Waals surface area contributed by atoms with Gasteiger partial charge in [0.1, 0.15) is 7.28 Å². The highest BCUT2D eigenvalue weighted by Gasteiger charge is 2.14. The fourth-order valence-electron chi connectivity index (χ4n) is 1.26. The molecule has 1 aliphatic heterocycles. The summed E-state index contributed by atoms with van der Waals surface area (Å²) in [6.07, 6.45) is 2.75. The van der Waals surface area contributed by atoms with E-state index in [0.717, 1.165) is 6.04 Å². The molecule has 2 heteroatoms. The monoisotopic (exact) mass is 111 g/mol. The lowest BCUT2D eigenvalue weighted by Gasteiger charge is -2.18. The summed E-state index contributed by atoms with van der Waals surface area (Å²) in [5.41, 5.74) is 0. The van der Waals surface area contributed by atoms with Crippen LogP contribution in [0.2, 0.25) is 6.32 Å². The van der Waals surface area contributed by atoms with Gasteiger partial charge < -0.3 is 4.90 Å². The van der Waals surface area contributed by atoms with Crippen LogP contribution in [0.15, 0.2) is 0 Å². The molecule has 46 valence electrons. The molecule has 0 N–H and O–H groups in total. The quantitative estimate of drug-likeness (QED) is 0.446. The van der Waals surface area contributed by atoms with Crippen molar-refractivity contribution in [1.82, 2.24) is 4.90 Å². The van der Waals surface area contributed by atoms with Gasteiger partial charge in [-0.15, -0.1) is 0 Å². The number of hydrogen-bond acceptors (Lipinski definition) is 1. The smallest absolute Gasteiger partial charge is 0.139 e. The second-order valence-corrected chi connectivity index (χ2v) is 2.84. The Morgan fingerprint density at radius 3 is 2.50 bits per heavy atom. The van der Waals surface area contributed by atoms with Crippen LogP contribution in [0.3, 0.4) is 0 Å². The molecule has 1 saturated heterocycles. The molecular weight excluding hydrogens is 96.9 g/mol. The van der Waals surface area contributed by atoms with Crippen molar-refractivity contribution < 1.29 is 0 Å². The zero-order valence-electron chi connectivity index (χ0n) is 5.85. The Hall–Kier alpha value is 0.0249. The molecule has 0 unspecified atom stereocenters. The Balaban J connectivity index is 2.24. The van der Waals surface area contributed by atoms with Crippen molar-refractivity contribution in [3.05, 3.63) is 0 Å². The van der Waals surface area contributed by atoms with Crippen LogP contribution in [0.5, 0.6) is 0 Å². The van der Waals surface area contributed by atoms with Gasteiger partial charge in [-0.05, 0) is 26.8 Å². The molecule has 1 rings (SSSR count). The van der Waals surface area contributed by atoms with E-state index in [1.54, 1.807) is 0 Å². The summed E-state index contributed by atoms with van der Waals surface area (Å²) >= 11 is 0. The molecular formula is C6H14BN. The summed E-state index contributed by atoms with van der Waals surface area (Å²) in [7, 11) is 1.41. The van der Waals surface area contributed by atoms with Crippen molar-refractivity contribution in [3.8, 4) is 0 Å². The average molecular weight is 111 g/mol. The van der Waals surface area contributed by atoms with Crippen LogP contribution < -0.4 is 0 Å². The van der Waals surface area contributed by atoms with Gasteiger partial charge in [0.25, 0.3) is 0 Å². The van der Waals surface area contributed by atoms with E-state index in [-0.39, 0.29) is 0 Å². The van der Waals surface area contributed by atoms with Gasteiger partial charge in [0.2, 0.25) is 0 Å². The zero-order chi connectivity index (χ0) is 5.98. The predicted octanol–water partition coefficient (Wildman–Crippen LogP) is 0.523. The summed E-state index contributed by atoms with van der Waals surface area (Å²) in [4.78, 5) is 2.53. The minimum Gasteiger partial charge on any atom is -0.309 e. The van der Waals surface area contributed by atoms with E-state index in [0.29, 0.717) is 0 Å². The fraction of sp³-hybridized carbons (Fsp3) is 1.00. The van der Waals surface area contributed by atoms with E-state index in [9.17, 15) is 0 Å². The molecule has 0 radical (unpaired) electrons. The molecule has 0 atom stereocenters. The molecule has 1 nitrogen and oxygen atoms in total. The summed E-state index contributed by atoms with van der Waals surface area (Å²) in [6, 6.07) is 0.775. The van der Waals surface area contributed by atoms with E-state index >= 15 is 0 Å². The first-order valence-corrected chi connectivity index (χ1v) is 3.55. The molecule has 0 amide bonds. The van der Waals surface area contributed by atoms with Crippen LogP contribution in [0.4, 0.5) is 0 Å². The lowest BCUT2D eigenvalue weighted by atomic mass is 9.79. The van der Waals surface area contributed by atoms with Crippen LogP contribution in [0, 0.1) is 0 Å². The van der Waals surface area contributed by atoms with E-state index in [4.69, 9.17) is 0 Å². The number of nitrogens with zero attached hydrogens (tertiary/aromatic N) is 1. The first kappa shape index (κ1) is 6.15. The first-order chi connectivity index (χ1) is 3.80. The van der Waals surface area contributed by atoms with Gasteiger partial charge in [-0.2, -0.15) is 0 Å². The third-order valence-electron chi connectivity index (χ3n) is 1.87. The summed E-state index contributed by atoms with van der Waals surface area (Å²) in [5.74, 6) is 0. The van der Waals surface area contributed by atoms with Crippen molar-refractivity contribution >= 4 is 7.28 Å². The highest BCUT2D eigenvalue weighted by atomic mass is 15.1. The molecule has 0 spiro atoms. The maximum atomic E-state index is 2.53. The van der Waals surface area contributed by atoms with E-state index < -0.39 is 0 Å². The largest absolute Gasteiger partial charge is 0.309 e. The van der Waals surface area contributed by atoms with Gasteiger partial charge in [0.05, 0.1) is 0 Å². The summed E-state index contributed by atoms with van der Waals surface area (Å²) in [6.45, 7) is 5.87. The van der Waals surface area contributed by atoms with Crippen LogP contribution in [-0.4, -0.2) is 31.2 Å². The van der Waals surface area contributed by atoms with Gasteiger partial charge in [0.15, 0.2) is 0 Å². The van der Waals surface area contributed by atoms with Gasteiger partial charge in [-0.1, -0.05) is 6.32 Å². The highest BCUT2D eigenvalue weighted by molar-refractivity contribution is 6.36. The second-order valence-electron chi connectivity index (χ2n) is 2.84. The Bertz CT molecular complexity index is 66.9. The van der Waals surface area contributed by atoms with E-state index in [2.05, 4.69) is 18.7 Å². The molecule has 0 saturated carbocycles. The Morgan fingerprint density at radius 1 is 1.50 bits per heavy atom. The molecule has 1 heterocycles. The van der Waals surface area contributed by atoms with Crippen LogP contribution >= 0.6 is 0 Å². The molecule has 1 fully saturated rings. The Labute approximate surface area is 52.3 Å². The lowest BCUT2D eigenvalue weighted by Crippen LogP contribution is -2.27.